The fraction of sp³-hybridized carbons (Fsp3) is 0.294. The van der Waals surface area contributed by atoms with Gasteiger partial charge in [-0.15, -0.1) is 0 Å². The summed E-state index contributed by atoms with van der Waals surface area (Å²) in [6.45, 7) is 4.18. The SMILES string of the molecule is CC(C)CC(NS(=O)(=O)c1ccccc1)c1ccccc1. The molecule has 2 rings (SSSR count). The van der Waals surface area contributed by atoms with E-state index >= 15 is 0 Å². The predicted molar refractivity (Wildman–Crippen MR) is 85.4 cm³/mol. The van der Waals surface area contributed by atoms with E-state index in [9.17, 15) is 8.42 Å². The zero-order valence-electron chi connectivity index (χ0n) is 12.4. The van der Waals surface area contributed by atoms with Gasteiger partial charge in [0.05, 0.1) is 4.90 Å². The van der Waals surface area contributed by atoms with Gasteiger partial charge in [-0.2, -0.15) is 0 Å². The molecule has 0 spiro atoms. The molecule has 0 saturated carbocycles. The molecule has 2 aromatic rings. The van der Waals surface area contributed by atoms with Crippen molar-refractivity contribution in [3.05, 3.63) is 66.2 Å². The monoisotopic (exact) mass is 303 g/mol. The van der Waals surface area contributed by atoms with Crippen LogP contribution >= 0.6 is 0 Å². The van der Waals surface area contributed by atoms with Gasteiger partial charge in [-0.05, 0) is 30.0 Å². The van der Waals surface area contributed by atoms with Crippen LogP contribution in [0.15, 0.2) is 65.6 Å². The Labute approximate surface area is 127 Å². The smallest absolute Gasteiger partial charge is 0.207 e. The summed E-state index contributed by atoms with van der Waals surface area (Å²) in [6.07, 6.45) is 0.760. The number of hydrogen-bond acceptors (Lipinski definition) is 2. The summed E-state index contributed by atoms with van der Waals surface area (Å²) >= 11 is 0. The van der Waals surface area contributed by atoms with Gasteiger partial charge in [0.15, 0.2) is 0 Å². The van der Waals surface area contributed by atoms with Crippen molar-refractivity contribution in [1.82, 2.24) is 4.72 Å². The predicted octanol–water partition coefficient (Wildman–Crippen LogP) is 3.75. The van der Waals surface area contributed by atoms with Gasteiger partial charge < -0.3 is 0 Å². The molecule has 0 amide bonds. The average molecular weight is 303 g/mol. The maximum Gasteiger partial charge on any atom is 0.241 e. The van der Waals surface area contributed by atoms with Gasteiger partial charge in [-0.3, -0.25) is 0 Å². The highest BCUT2D eigenvalue weighted by atomic mass is 32.2. The minimum Gasteiger partial charge on any atom is -0.207 e. The van der Waals surface area contributed by atoms with Crippen LogP contribution in [0.25, 0.3) is 0 Å². The fourth-order valence-corrected chi connectivity index (χ4v) is 3.52. The topological polar surface area (TPSA) is 46.2 Å². The molecule has 0 aliphatic rings. The summed E-state index contributed by atoms with van der Waals surface area (Å²) in [7, 11) is -3.50. The van der Waals surface area contributed by atoms with Crippen LogP contribution in [-0.4, -0.2) is 8.42 Å². The first-order chi connectivity index (χ1) is 9.99. The summed E-state index contributed by atoms with van der Waals surface area (Å²) in [6, 6.07) is 18.0. The first-order valence-electron chi connectivity index (χ1n) is 7.11. The summed E-state index contributed by atoms with van der Waals surface area (Å²) in [5, 5.41) is 0. The van der Waals surface area contributed by atoms with Gasteiger partial charge in [0, 0.05) is 6.04 Å². The molecule has 1 atom stereocenters. The third-order valence-electron chi connectivity index (χ3n) is 3.26. The molecule has 0 heterocycles. The molecule has 0 radical (unpaired) electrons. The molecule has 0 fully saturated rings. The molecule has 0 aliphatic carbocycles. The molecular weight excluding hydrogens is 282 g/mol. The molecule has 1 unspecified atom stereocenters. The van der Waals surface area contributed by atoms with Crippen molar-refractivity contribution in [3.8, 4) is 0 Å². The van der Waals surface area contributed by atoms with E-state index in [-0.39, 0.29) is 6.04 Å². The van der Waals surface area contributed by atoms with Crippen molar-refractivity contribution in [3.63, 3.8) is 0 Å². The van der Waals surface area contributed by atoms with Gasteiger partial charge in [0.2, 0.25) is 10.0 Å². The minimum atomic E-state index is -3.50. The van der Waals surface area contributed by atoms with E-state index in [1.54, 1.807) is 24.3 Å². The largest absolute Gasteiger partial charge is 0.241 e. The van der Waals surface area contributed by atoms with Crippen LogP contribution in [0.2, 0.25) is 0 Å². The lowest BCUT2D eigenvalue weighted by Crippen LogP contribution is -2.29. The number of nitrogens with one attached hydrogen (secondary N) is 1. The van der Waals surface area contributed by atoms with Crippen LogP contribution in [0.3, 0.4) is 0 Å². The van der Waals surface area contributed by atoms with E-state index in [1.807, 2.05) is 36.4 Å². The zero-order chi connectivity index (χ0) is 15.3. The Balaban J connectivity index is 2.27. The van der Waals surface area contributed by atoms with Crippen LogP contribution < -0.4 is 4.72 Å². The van der Waals surface area contributed by atoms with E-state index in [1.165, 1.54) is 0 Å². The molecule has 3 nitrogen and oxygen atoms in total. The number of rotatable bonds is 6. The quantitative estimate of drug-likeness (QED) is 0.883. The van der Waals surface area contributed by atoms with Crippen molar-refractivity contribution in [2.24, 2.45) is 5.92 Å². The Morgan fingerprint density at radius 2 is 1.43 bits per heavy atom. The van der Waals surface area contributed by atoms with Gasteiger partial charge in [0.25, 0.3) is 0 Å². The van der Waals surface area contributed by atoms with Gasteiger partial charge in [-0.1, -0.05) is 62.4 Å². The molecule has 21 heavy (non-hydrogen) atoms. The maximum absolute atomic E-state index is 12.5. The average Bonchev–Trinajstić information content (AvgIpc) is 2.48. The lowest BCUT2D eigenvalue weighted by Gasteiger charge is -2.21. The maximum atomic E-state index is 12.5. The van der Waals surface area contributed by atoms with Crippen LogP contribution in [0.1, 0.15) is 31.9 Å². The lowest BCUT2D eigenvalue weighted by molar-refractivity contribution is 0.472. The molecule has 112 valence electrons. The van der Waals surface area contributed by atoms with Gasteiger partial charge >= 0.3 is 0 Å². The van der Waals surface area contributed by atoms with Crippen LogP contribution in [0.4, 0.5) is 0 Å². The Morgan fingerprint density at radius 1 is 0.905 bits per heavy atom. The highest BCUT2D eigenvalue weighted by Gasteiger charge is 2.21. The summed E-state index contributed by atoms with van der Waals surface area (Å²) < 4.78 is 27.8. The third-order valence-corrected chi connectivity index (χ3v) is 4.75. The van der Waals surface area contributed by atoms with Crippen LogP contribution in [0, 0.1) is 5.92 Å². The molecular formula is C17H21NO2S. The molecule has 0 aliphatic heterocycles. The highest BCUT2D eigenvalue weighted by Crippen LogP contribution is 2.23. The number of benzene rings is 2. The van der Waals surface area contributed by atoms with E-state index in [0.29, 0.717) is 10.8 Å². The van der Waals surface area contributed by atoms with Crippen LogP contribution in [0.5, 0.6) is 0 Å². The first kappa shape index (κ1) is 15.7. The van der Waals surface area contributed by atoms with Crippen LogP contribution in [-0.2, 0) is 10.0 Å². The van der Waals surface area contributed by atoms with E-state index in [4.69, 9.17) is 0 Å². The Hall–Kier alpha value is -1.65. The molecule has 0 bridgehead atoms. The van der Waals surface area contributed by atoms with Crippen molar-refractivity contribution >= 4 is 10.0 Å². The van der Waals surface area contributed by atoms with E-state index < -0.39 is 10.0 Å². The molecule has 0 aromatic heterocycles. The first-order valence-corrected chi connectivity index (χ1v) is 8.59. The number of sulfonamides is 1. The number of hydrogen-bond donors (Lipinski definition) is 1. The Bertz CT molecular complexity index is 652. The third kappa shape index (κ3) is 4.41. The van der Waals surface area contributed by atoms with Crippen molar-refractivity contribution in [1.29, 1.82) is 0 Å². The second-order valence-electron chi connectivity index (χ2n) is 5.53. The standard InChI is InChI=1S/C17H21NO2S/c1-14(2)13-17(15-9-5-3-6-10-15)18-21(19,20)16-11-7-4-8-12-16/h3-12,14,17-18H,13H2,1-2H3. The van der Waals surface area contributed by atoms with E-state index in [0.717, 1.165) is 12.0 Å². The van der Waals surface area contributed by atoms with E-state index in [2.05, 4.69) is 18.6 Å². The lowest BCUT2D eigenvalue weighted by atomic mass is 9.98. The summed E-state index contributed by atoms with van der Waals surface area (Å²) in [5.74, 6) is 0.397. The molecule has 4 heteroatoms. The Kier molecular flexibility index (Phi) is 5.15. The van der Waals surface area contributed by atoms with Crippen molar-refractivity contribution in [2.45, 2.75) is 31.2 Å². The highest BCUT2D eigenvalue weighted by molar-refractivity contribution is 7.89. The minimum absolute atomic E-state index is 0.212. The van der Waals surface area contributed by atoms with Gasteiger partial charge in [0.1, 0.15) is 0 Å². The zero-order valence-corrected chi connectivity index (χ0v) is 13.2. The summed E-state index contributed by atoms with van der Waals surface area (Å²) in [5.41, 5.74) is 0.991. The second-order valence-corrected chi connectivity index (χ2v) is 7.24. The molecule has 1 N–H and O–H groups in total. The van der Waals surface area contributed by atoms with Gasteiger partial charge in [-0.25, -0.2) is 13.1 Å². The second kappa shape index (κ2) is 6.87. The summed E-state index contributed by atoms with van der Waals surface area (Å²) in [4.78, 5) is 0.301. The Morgan fingerprint density at radius 3 is 1.95 bits per heavy atom. The molecule has 2 aromatic carbocycles. The molecule has 0 saturated heterocycles. The fourth-order valence-electron chi connectivity index (χ4n) is 2.26. The normalized spacial score (nSPS) is 13.3. The van der Waals surface area contributed by atoms with Crippen molar-refractivity contribution in [2.75, 3.05) is 0 Å². The van der Waals surface area contributed by atoms with Crippen molar-refractivity contribution < 1.29 is 8.42 Å².